The molecule has 5 nitrogen and oxygen atoms in total. The minimum absolute atomic E-state index is 0.120. The number of hydrogen-bond acceptors (Lipinski definition) is 4. The first-order valence-electron chi connectivity index (χ1n) is 7.34. The van der Waals surface area contributed by atoms with Crippen LogP contribution in [0.25, 0.3) is 0 Å². The average molecular weight is 313 g/mol. The first-order chi connectivity index (χ1) is 10.5. The van der Waals surface area contributed by atoms with Crippen molar-refractivity contribution < 1.29 is 18.7 Å². The van der Waals surface area contributed by atoms with Gasteiger partial charge in [-0.25, -0.2) is 8.78 Å². The molecule has 1 atom stereocenters. The number of carbonyl (C=O) groups excluding carboxylic acids is 1. The molecular formula is C15H21F2N3O2. The van der Waals surface area contributed by atoms with Crippen LogP contribution in [0.1, 0.15) is 6.92 Å². The summed E-state index contributed by atoms with van der Waals surface area (Å²) >= 11 is 0. The summed E-state index contributed by atoms with van der Waals surface area (Å²) in [5.74, 6) is -1.61. The van der Waals surface area contributed by atoms with Gasteiger partial charge in [-0.3, -0.25) is 14.6 Å². The van der Waals surface area contributed by atoms with Gasteiger partial charge in [-0.05, 0) is 19.1 Å². The molecule has 7 heteroatoms. The van der Waals surface area contributed by atoms with E-state index in [2.05, 4.69) is 10.2 Å². The number of nitrogens with one attached hydrogen (secondary N) is 1. The van der Waals surface area contributed by atoms with Crippen molar-refractivity contribution in [3.05, 3.63) is 29.8 Å². The second-order valence-electron chi connectivity index (χ2n) is 5.39. The number of nitrogens with zero attached hydrogens (tertiary/aromatic N) is 2. The molecule has 1 amide bonds. The summed E-state index contributed by atoms with van der Waals surface area (Å²) in [6.45, 7) is 5.42. The zero-order chi connectivity index (χ0) is 16.1. The number of carbonyl (C=O) groups is 1. The Morgan fingerprint density at radius 1 is 1.32 bits per heavy atom. The second kappa shape index (κ2) is 7.62. The highest BCUT2D eigenvalue weighted by Crippen LogP contribution is 2.16. The van der Waals surface area contributed by atoms with Gasteiger partial charge >= 0.3 is 0 Å². The maximum atomic E-state index is 13.5. The van der Waals surface area contributed by atoms with Crippen molar-refractivity contribution >= 4 is 11.6 Å². The number of aliphatic hydroxyl groups excluding tert-OH is 1. The van der Waals surface area contributed by atoms with Crippen LogP contribution in [0.4, 0.5) is 14.5 Å². The SMILES string of the molecule is CC(C(=O)Nc1cc(F)ccc1F)N1CCN(CCO)CC1. The third kappa shape index (κ3) is 4.22. The van der Waals surface area contributed by atoms with Gasteiger partial charge in [-0.15, -0.1) is 0 Å². The molecule has 0 saturated carbocycles. The predicted molar refractivity (Wildman–Crippen MR) is 79.5 cm³/mol. The Labute approximate surface area is 128 Å². The third-order valence-electron chi connectivity index (χ3n) is 3.94. The van der Waals surface area contributed by atoms with Gasteiger partial charge in [0.15, 0.2) is 0 Å². The predicted octanol–water partition coefficient (Wildman–Crippen LogP) is 0.902. The van der Waals surface area contributed by atoms with Gasteiger partial charge in [0.25, 0.3) is 0 Å². The fourth-order valence-electron chi connectivity index (χ4n) is 2.51. The molecular weight excluding hydrogens is 292 g/mol. The van der Waals surface area contributed by atoms with Gasteiger partial charge in [0.05, 0.1) is 18.3 Å². The van der Waals surface area contributed by atoms with Crippen molar-refractivity contribution in [2.24, 2.45) is 0 Å². The van der Waals surface area contributed by atoms with E-state index < -0.39 is 17.7 Å². The van der Waals surface area contributed by atoms with E-state index in [0.717, 1.165) is 31.3 Å². The summed E-state index contributed by atoms with van der Waals surface area (Å²) in [5.41, 5.74) is -0.143. The Morgan fingerprint density at radius 3 is 2.64 bits per heavy atom. The summed E-state index contributed by atoms with van der Waals surface area (Å²) in [4.78, 5) is 16.3. The number of benzene rings is 1. The molecule has 0 aromatic heterocycles. The Kier molecular flexibility index (Phi) is 5.82. The van der Waals surface area contributed by atoms with Crippen molar-refractivity contribution in [2.75, 3.05) is 44.6 Å². The monoisotopic (exact) mass is 313 g/mol. The number of piperazine rings is 1. The Morgan fingerprint density at radius 2 is 2.00 bits per heavy atom. The number of amides is 1. The van der Waals surface area contributed by atoms with Gasteiger partial charge < -0.3 is 10.4 Å². The van der Waals surface area contributed by atoms with Gasteiger partial charge in [-0.2, -0.15) is 0 Å². The van der Waals surface area contributed by atoms with Crippen LogP contribution in [-0.4, -0.2) is 66.2 Å². The van der Waals surface area contributed by atoms with Crippen LogP contribution in [0.2, 0.25) is 0 Å². The number of β-amino-alcohol motifs (C(OH)–C–C–N with tert-alkyl or cyclic N) is 1. The highest BCUT2D eigenvalue weighted by Gasteiger charge is 2.25. The maximum Gasteiger partial charge on any atom is 0.241 e. The average Bonchev–Trinajstić information content (AvgIpc) is 2.51. The number of halogens is 2. The van der Waals surface area contributed by atoms with E-state index in [9.17, 15) is 13.6 Å². The van der Waals surface area contributed by atoms with Gasteiger partial charge in [0.1, 0.15) is 11.6 Å². The summed E-state index contributed by atoms with van der Waals surface area (Å²) in [5, 5.41) is 11.3. The van der Waals surface area contributed by atoms with E-state index in [1.165, 1.54) is 0 Å². The first kappa shape index (κ1) is 16.8. The van der Waals surface area contributed by atoms with Crippen molar-refractivity contribution in [2.45, 2.75) is 13.0 Å². The van der Waals surface area contributed by atoms with Crippen LogP contribution in [0.15, 0.2) is 18.2 Å². The Bertz CT molecular complexity index is 520. The van der Waals surface area contributed by atoms with E-state index in [1.807, 2.05) is 4.90 Å². The number of rotatable bonds is 5. The lowest BCUT2D eigenvalue weighted by Crippen LogP contribution is -2.53. The lowest BCUT2D eigenvalue weighted by atomic mass is 10.2. The molecule has 122 valence electrons. The lowest BCUT2D eigenvalue weighted by Gasteiger charge is -2.37. The Balaban J connectivity index is 1.91. The molecule has 1 aliphatic heterocycles. The van der Waals surface area contributed by atoms with Crippen molar-refractivity contribution in [1.29, 1.82) is 0 Å². The number of aliphatic hydroxyl groups is 1. The molecule has 2 N–H and O–H groups in total. The first-order valence-corrected chi connectivity index (χ1v) is 7.34. The molecule has 1 aromatic carbocycles. The van der Waals surface area contributed by atoms with Crippen LogP contribution < -0.4 is 5.32 Å². The van der Waals surface area contributed by atoms with Gasteiger partial charge in [0, 0.05) is 38.8 Å². The number of hydrogen-bond donors (Lipinski definition) is 2. The maximum absolute atomic E-state index is 13.5. The summed E-state index contributed by atoms with van der Waals surface area (Å²) in [7, 11) is 0. The van der Waals surface area contributed by atoms with Crippen molar-refractivity contribution in [3.8, 4) is 0 Å². The molecule has 2 rings (SSSR count). The highest BCUT2D eigenvalue weighted by atomic mass is 19.1. The lowest BCUT2D eigenvalue weighted by molar-refractivity contribution is -0.121. The Hall–Kier alpha value is -1.57. The molecule has 0 radical (unpaired) electrons. The third-order valence-corrected chi connectivity index (χ3v) is 3.94. The molecule has 1 unspecified atom stereocenters. The summed E-state index contributed by atoms with van der Waals surface area (Å²) in [6, 6.07) is 2.54. The smallest absolute Gasteiger partial charge is 0.241 e. The normalized spacial score (nSPS) is 18.2. The quantitative estimate of drug-likeness (QED) is 0.848. The molecule has 22 heavy (non-hydrogen) atoms. The van der Waals surface area contributed by atoms with E-state index >= 15 is 0 Å². The molecule has 1 aromatic rings. The fraction of sp³-hybridized carbons (Fsp3) is 0.533. The molecule has 1 aliphatic rings. The van der Waals surface area contributed by atoms with E-state index in [0.29, 0.717) is 19.6 Å². The molecule has 0 bridgehead atoms. The van der Waals surface area contributed by atoms with Crippen LogP contribution in [-0.2, 0) is 4.79 Å². The van der Waals surface area contributed by atoms with Crippen molar-refractivity contribution in [1.82, 2.24) is 9.80 Å². The van der Waals surface area contributed by atoms with E-state index in [4.69, 9.17) is 5.11 Å². The van der Waals surface area contributed by atoms with Crippen LogP contribution in [0, 0.1) is 11.6 Å². The van der Waals surface area contributed by atoms with Gasteiger partial charge in [0.2, 0.25) is 5.91 Å². The molecule has 1 fully saturated rings. The molecule has 0 aliphatic carbocycles. The summed E-state index contributed by atoms with van der Waals surface area (Å²) < 4.78 is 26.7. The van der Waals surface area contributed by atoms with E-state index in [1.54, 1.807) is 6.92 Å². The number of anilines is 1. The zero-order valence-corrected chi connectivity index (χ0v) is 12.6. The standard InChI is InChI=1S/C15H21F2N3O2/c1-11(20-6-4-19(5-7-20)8-9-21)15(22)18-14-10-12(16)2-3-13(14)17/h2-3,10-11,21H,4-9H2,1H3,(H,18,22). The minimum atomic E-state index is -0.658. The highest BCUT2D eigenvalue weighted by molar-refractivity contribution is 5.94. The largest absolute Gasteiger partial charge is 0.395 e. The molecule has 0 spiro atoms. The summed E-state index contributed by atoms with van der Waals surface area (Å²) in [6.07, 6.45) is 0. The zero-order valence-electron chi connectivity index (χ0n) is 12.6. The minimum Gasteiger partial charge on any atom is -0.395 e. The van der Waals surface area contributed by atoms with Gasteiger partial charge in [-0.1, -0.05) is 0 Å². The van der Waals surface area contributed by atoms with Crippen LogP contribution >= 0.6 is 0 Å². The molecule has 1 heterocycles. The topological polar surface area (TPSA) is 55.8 Å². The molecule has 1 saturated heterocycles. The van der Waals surface area contributed by atoms with E-state index in [-0.39, 0.29) is 18.2 Å². The van der Waals surface area contributed by atoms with Crippen LogP contribution in [0.5, 0.6) is 0 Å². The van der Waals surface area contributed by atoms with Crippen molar-refractivity contribution in [3.63, 3.8) is 0 Å². The fourth-order valence-corrected chi connectivity index (χ4v) is 2.51. The second-order valence-corrected chi connectivity index (χ2v) is 5.39. The van der Waals surface area contributed by atoms with Crippen LogP contribution in [0.3, 0.4) is 0 Å².